The summed E-state index contributed by atoms with van der Waals surface area (Å²) in [5.74, 6) is 0.387. The van der Waals surface area contributed by atoms with Gasteiger partial charge < -0.3 is 10.6 Å². The van der Waals surface area contributed by atoms with Crippen LogP contribution in [0.1, 0.15) is 0 Å². The Morgan fingerprint density at radius 3 is 1.75 bits per heavy atom. The van der Waals surface area contributed by atoms with E-state index in [1.54, 1.807) is 0 Å². The Morgan fingerprint density at radius 2 is 1.35 bits per heavy atom. The van der Waals surface area contributed by atoms with E-state index in [0.29, 0.717) is 5.82 Å². The van der Waals surface area contributed by atoms with Crippen molar-refractivity contribution in [3.8, 4) is 0 Å². The molecule has 2 aromatic carbocycles. The van der Waals surface area contributed by atoms with Crippen LogP contribution in [0.2, 0.25) is 0 Å². The molecule has 3 nitrogen and oxygen atoms in total. The fourth-order valence-electron chi connectivity index (χ4n) is 1.66. The van der Waals surface area contributed by atoms with Crippen LogP contribution < -0.4 is 10.6 Å². The van der Waals surface area contributed by atoms with Gasteiger partial charge in [0.05, 0.1) is 5.88 Å². The number of rotatable bonds is 6. The van der Waals surface area contributed by atoms with Crippen molar-refractivity contribution < 1.29 is 4.79 Å². The third-order valence-corrected chi connectivity index (χ3v) is 2.81. The third kappa shape index (κ3) is 4.44. The van der Waals surface area contributed by atoms with Crippen molar-refractivity contribution in [1.82, 2.24) is 0 Å². The minimum Gasteiger partial charge on any atom is -0.342 e. The molecule has 20 heavy (non-hydrogen) atoms. The minimum atomic E-state index is -0.159. The first-order valence-electron chi connectivity index (χ1n) is 6.22. The van der Waals surface area contributed by atoms with Gasteiger partial charge in [0, 0.05) is 17.5 Å². The summed E-state index contributed by atoms with van der Waals surface area (Å²) in [6, 6.07) is 19.2. The average Bonchev–Trinajstić information content (AvgIpc) is 2.49. The summed E-state index contributed by atoms with van der Waals surface area (Å²) in [6.45, 7) is 0. The highest BCUT2D eigenvalue weighted by Gasteiger charge is 2.02. The van der Waals surface area contributed by atoms with E-state index in [-0.39, 0.29) is 11.7 Å². The number of ketones is 1. The van der Waals surface area contributed by atoms with Gasteiger partial charge in [-0.1, -0.05) is 36.4 Å². The van der Waals surface area contributed by atoms with Gasteiger partial charge in [0.2, 0.25) is 0 Å². The molecule has 2 rings (SSSR count). The molecular weight excluding hydrogens is 272 g/mol. The molecule has 0 atom stereocenters. The molecule has 0 saturated carbocycles. The third-order valence-electron chi connectivity index (χ3n) is 2.54. The molecule has 2 aromatic rings. The second kappa shape index (κ2) is 7.36. The van der Waals surface area contributed by atoms with E-state index < -0.39 is 0 Å². The maximum absolute atomic E-state index is 11.5. The first-order chi connectivity index (χ1) is 9.78. The van der Waals surface area contributed by atoms with E-state index in [1.165, 1.54) is 6.08 Å². The van der Waals surface area contributed by atoms with E-state index in [2.05, 4.69) is 10.6 Å². The van der Waals surface area contributed by atoms with Gasteiger partial charge in [0.1, 0.15) is 5.82 Å². The van der Waals surface area contributed by atoms with Crippen LogP contribution in [0.25, 0.3) is 0 Å². The zero-order valence-electron chi connectivity index (χ0n) is 10.8. The van der Waals surface area contributed by atoms with Crippen LogP contribution in [0.5, 0.6) is 0 Å². The van der Waals surface area contributed by atoms with Gasteiger partial charge in [-0.05, 0) is 24.3 Å². The van der Waals surface area contributed by atoms with Crippen molar-refractivity contribution in [2.24, 2.45) is 0 Å². The molecule has 0 spiro atoms. The molecule has 0 bridgehead atoms. The highest BCUT2D eigenvalue weighted by molar-refractivity contribution is 6.29. The largest absolute Gasteiger partial charge is 0.342 e. The lowest BCUT2D eigenvalue weighted by atomic mass is 10.3. The molecule has 4 heteroatoms. The summed E-state index contributed by atoms with van der Waals surface area (Å²) in [4.78, 5) is 11.5. The smallest absolute Gasteiger partial charge is 0.174 e. The van der Waals surface area contributed by atoms with Crippen molar-refractivity contribution in [1.29, 1.82) is 0 Å². The van der Waals surface area contributed by atoms with Crippen LogP contribution in [-0.4, -0.2) is 11.7 Å². The Bertz CT molecular complexity index is 538. The summed E-state index contributed by atoms with van der Waals surface area (Å²) < 4.78 is 0. The zero-order chi connectivity index (χ0) is 14.2. The van der Waals surface area contributed by atoms with Gasteiger partial charge in [-0.25, -0.2) is 0 Å². The normalized spacial score (nSPS) is 9.65. The molecule has 2 N–H and O–H groups in total. The van der Waals surface area contributed by atoms with Crippen LogP contribution in [-0.2, 0) is 4.79 Å². The number of hydrogen-bond donors (Lipinski definition) is 2. The molecule has 0 aliphatic heterocycles. The molecule has 0 aromatic heterocycles. The monoisotopic (exact) mass is 286 g/mol. The van der Waals surface area contributed by atoms with E-state index in [4.69, 9.17) is 11.6 Å². The van der Waals surface area contributed by atoms with Crippen LogP contribution in [0, 0.1) is 0 Å². The standard InChI is InChI=1S/C16H15ClN2O/c17-12-15(20)11-16(18-13-7-3-1-4-8-13)19-14-9-5-2-6-10-14/h1-11,18-19H,12H2. The van der Waals surface area contributed by atoms with Crippen molar-refractivity contribution in [2.75, 3.05) is 16.5 Å². The molecular formula is C16H15ClN2O. The molecule has 0 aliphatic rings. The first kappa shape index (κ1) is 14.2. The Balaban J connectivity index is 2.17. The molecule has 102 valence electrons. The number of anilines is 2. The van der Waals surface area contributed by atoms with Crippen LogP contribution in [0.3, 0.4) is 0 Å². The van der Waals surface area contributed by atoms with Gasteiger partial charge >= 0.3 is 0 Å². The molecule has 0 saturated heterocycles. The van der Waals surface area contributed by atoms with Gasteiger partial charge in [0.15, 0.2) is 5.78 Å². The molecule has 0 radical (unpaired) electrons. The van der Waals surface area contributed by atoms with Gasteiger partial charge in [-0.2, -0.15) is 0 Å². The second-order valence-corrected chi connectivity index (χ2v) is 4.41. The van der Waals surface area contributed by atoms with Gasteiger partial charge in [-0.15, -0.1) is 11.6 Å². The molecule has 0 amide bonds. The number of allylic oxidation sites excluding steroid dienone is 1. The minimum absolute atomic E-state index is 0.0452. The molecule has 0 aliphatic carbocycles. The zero-order valence-corrected chi connectivity index (χ0v) is 11.6. The van der Waals surface area contributed by atoms with E-state index in [1.807, 2.05) is 60.7 Å². The number of carbonyl (C=O) groups excluding carboxylic acids is 1. The van der Waals surface area contributed by atoms with Crippen molar-refractivity contribution in [3.05, 3.63) is 72.6 Å². The lowest BCUT2D eigenvalue weighted by molar-refractivity contribution is -0.112. The predicted molar refractivity (Wildman–Crippen MR) is 83.9 cm³/mol. The molecule has 0 unspecified atom stereocenters. The number of nitrogens with one attached hydrogen (secondary N) is 2. The summed E-state index contributed by atoms with van der Waals surface area (Å²) >= 11 is 5.55. The number of para-hydroxylation sites is 2. The quantitative estimate of drug-likeness (QED) is 0.626. The van der Waals surface area contributed by atoms with Crippen LogP contribution >= 0.6 is 11.6 Å². The van der Waals surface area contributed by atoms with Gasteiger partial charge in [0.25, 0.3) is 0 Å². The Kier molecular flexibility index (Phi) is 5.21. The summed E-state index contributed by atoms with van der Waals surface area (Å²) in [7, 11) is 0. The number of benzene rings is 2. The Morgan fingerprint density at radius 1 is 0.900 bits per heavy atom. The maximum Gasteiger partial charge on any atom is 0.174 e. The highest BCUT2D eigenvalue weighted by Crippen LogP contribution is 2.13. The van der Waals surface area contributed by atoms with Crippen molar-refractivity contribution in [3.63, 3.8) is 0 Å². The average molecular weight is 287 g/mol. The first-order valence-corrected chi connectivity index (χ1v) is 6.76. The number of carbonyl (C=O) groups is 1. The van der Waals surface area contributed by atoms with Gasteiger partial charge in [-0.3, -0.25) is 4.79 Å². The molecule has 0 heterocycles. The lowest BCUT2D eigenvalue weighted by Crippen LogP contribution is -2.12. The van der Waals surface area contributed by atoms with Crippen molar-refractivity contribution in [2.45, 2.75) is 0 Å². The van der Waals surface area contributed by atoms with E-state index >= 15 is 0 Å². The Hall–Kier alpha value is -2.26. The number of alkyl halides is 1. The fraction of sp³-hybridized carbons (Fsp3) is 0.0625. The molecule has 0 fully saturated rings. The fourth-order valence-corrected chi connectivity index (χ4v) is 1.73. The van der Waals surface area contributed by atoms with E-state index in [9.17, 15) is 4.79 Å². The predicted octanol–water partition coefficient (Wildman–Crippen LogP) is 3.86. The number of halogens is 1. The number of hydrogen-bond acceptors (Lipinski definition) is 3. The highest BCUT2D eigenvalue weighted by atomic mass is 35.5. The van der Waals surface area contributed by atoms with Crippen LogP contribution in [0.15, 0.2) is 72.6 Å². The van der Waals surface area contributed by atoms with Crippen LogP contribution in [0.4, 0.5) is 11.4 Å². The summed E-state index contributed by atoms with van der Waals surface area (Å²) in [6.07, 6.45) is 1.47. The Labute approximate surface area is 123 Å². The SMILES string of the molecule is O=C(C=C(Nc1ccccc1)Nc1ccccc1)CCl. The lowest BCUT2D eigenvalue weighted by Gasteiger charge is -2.13. The maximum atomic E-state index is 11.5. The second-order valence-electron chi connectivity index (χ2n) is 4.14. The summed E-state index contributed by atoms with van der Waals surface area (Å²) in [5.41, 5.74) is 1.79. The summed E-state index contributed by atoms with van der Waals surface area (Å²) in [5, 5.41) is 6.33. The topological polar surface area (TPSA) is 41.1 Å². The van der Waals surface area contributed by atoms with Crippen molar-refractivity contribution >= 4 is 28.8 Å². The van der Waals surface area contributed by atoms with E-state index in [0.717, 1.165) is 11.4 Å².